The Morgan fingerprint density at radius 3 is 2.74 bits per heavy atom. The summed E-state index contributed by atoms with van der Waals surface area (Å²) in [5.74, 6) is 1.57. The molecule has 2 aromatic rings. The Kier molecular flexibility index (Phi) is 7.55. The lowest BCUT2D eigenvalue weighted by atomic mass is 9.90. The topological polar surface area (TPSA) is 55.3 Å². The van der Waals surface area contributed by atoms with Gasteiger partial charge in [-0.1, -0.05) is 41.1 Å². The van der Waals surface area contributed by atoms with Crippen molar-refractivity contribution in [1.29, 1.82) is 0 Å². The summed E-state index contributed by atoms with van der Waals surface area (Å²) in [5, 5.41) is 0. The van der Waals surface area contributed by atoms with Crippen LogP contribution in [0.15, 0.2) is 39.4 Å². The fourth-order valence-electron chi connectivity index (χ4n) is 2.79. The Hall–Kier alpha value is -0.590. The third-order valence-corrected chi connectivity index (χ3v) is 4.87. The van der Waals surface area contributed by atoms with Gasteiger partial charge in [-0.3, -0.25) is 4.90 Å². The molecule has 0 bridgehead atoms. The zero-order chi connectivity index (χ0) is 14.9. The maximum atomic E-state index is 5.90. The molecule has 0 radical (unpaired) electrons. The number of hydrogen-bond acceptors (Lipinski definition) is 4. The molecule has 4 nitrogen and oxygen atoms in total. The van der Waals surface area contributed by atoms with Gasteiger partial charge in [0.1, 0.15) is 0 Å². The highest BCUT2D eigenvalue weighted by molar-refractivity contribution is 9.10. The van der Waals surface area contributed by atoms with Gasteiger partial charge in [0.15, 0.2) is 5.76 Å². The van der Waals surface area contributed by atoms with Gasteiger partial charge in [0.05, 0.1) is 12.7 Å². The van der Waals surface area contributed by atoms with Gasteiger partial charge in [0.25, 0.3) is 0 Å². The van der Waals surface area contributed by atoms with Crippen LogP contribution in [-0.4, -0.2) is 29.5 Å². The van der Waals surface area contributed by atoms with E-state index in [1.807, 2.05) is 24.3 Å². The first-order valence-corrected chi connectivity index (χ1v) is 8.01. The van der Waals surface area contributed by atoms with E-state index in [-0.39, 0.29) is 30.2 Å². The lowest BCUT2D eigenvalue weighted by Gasteiger charge is -2.21. The van der Waals surface area contributed by atoms with Crippen molar-refractivity contribution < 1.29 is 4.42 Å². The van der Waals surface area contributed by atoms with Crippen LogP contribution in [-0.2, 0) is 6.54 Å². The first kappa shape index (κ1) is 20.5. The molecule has 1 atom stereocenters. The minimum atomic E-state index is 0. The first-order chi connectivity index (χ1) is 10.1. The number of rotatable bonds is 4. The SMILES string of the molecule is CC1(CN)CCN(Cc2ncc(-c3ccccc3Br)o2)C1.Cl.Cl. The van der Waals surface area contributed by atoms with Crippen LogP contribution in [0.3, 0.4) is 0 Å². The molecule has 0 saturated carbocycles. The summed E-state index contributed by atoms with van der Waals surface area (Å²) in [7, 11) is 0. The zero-order valence-corrected chi connectivity index (χ0v) is 16.2. The molecule has 7 heteroatoms. The van der Waals surface area contributed by atoms with E-state index < -0.39 is 0 Å². The summed E-state index contributed by atoms with van der Waals surface area (Å²) >= 11 is 3.54. The molecule has 1 fully saturated rings. The van der Waals surface area contributed by atoms with Gasteiger partial charge in [-0.2, -0.15) is 0 Å². The molecule has 1 aliphatic rings. The number of nitrogens with zero attached hydrogens (tertiary/aromatic N) is 2. The van der Waals surface area contributed by atoms with Crippen molar-refractivity contribution >= 4 is 40.7 Å². The molecule has 1 unspecified atom stereocenters. The number of nitrogens with two attached hydrogens (primary N) is 1. The summed E-state index contributed by atoms with van der Waals surface area (Å²) < 4.78 is 6.92. The monoisotopic (exact) mass is 421 g/mol. The van der Waals surface area contributed by atoms with Gasteiger partial charge >= 0.3 is 0 Å². The maximum Gasteiger partial charge on any atom is 0.209 e. The zero-order valence-electron chi connectivity index (χ0n) is 13.0. The largest absolute Gasteiger partial charge is 0.439 e. The van der Waals surface area contributed by atoms with Crippen molar-refractivity contribution in [2.75, 3.05) is 19.6 Å². The molecule has 0 spiro atoms. The third-order valence-electron chi connectivity index (χ3n) is 4.18. The smallest absolute Gasteiger partial charge is 0.209 e. The van der Waals surface area contributed by atoms with Gasteiger partial charge in [-0.05, 0) is 31.0 Å². The molecular formula is C16H22BrCl2N3O. The van der Waals surface area contributed by atoms with Crippen molar-refractivity contribution in [2.45, 2.75) is 19.9 Å². The molecule has 2 heterocycles. The van der Waals surface area contributed by atoms with Crippen molar-refractivity contribution in [3.8, 4) is 11.3 Å². The first-order valence-electron chi connectivity index (χ1n) is 7.22. The van der Waals surface area contributed by atoms with E-state index in [2.05, 4.69) is 32.7 Å². The van der Waals surface area contributed by atoms with Crippen LogP contribution in [0, 0.1) is 5.41 Å². The Morgan fingerprint density at radius 1 is 1.35 bits per heavy atom. The van der Waals surface area contributed by atoms with E-state index in [0.29, 0.717) is 0 Å². The van der Waals surface area contributed by atoms with Crippen LogP contribution < -0.4 is 5.73 Å². The Bertz CT molecular complexity index is 637. The van der Waals surface area contributed by atoms with Crippen LogP contribution in [0.4, 0.5) is 0 Å². The molecule has 2 N–H and O–H groups in total. The molecule has 1 aliphatic heterocycles. The predicted octanol–water partition coefficient (Wildman–Crippen LogP) is 4.12. The van der Waals surface area contributed by atoms with E-state index >= 15 is 0 Å². The normalized spacial score (nSPS) is 20.8. The van der Waals surface area contributed by atoms with Crippen LogP contribution in [0.2, 0.25) is 0 Å². The molecule has 0 amide bonds. The molecule has 0 aliphatic carbocycles. The maximum absolute atomic E-state index is 5.90. The van der Waals surface area contributed by atoms with E-state index in [1.54, 1.807) is 6.20 Å². The van der Waals surface area contributed by atoms with Crippen LogP contribution >= 0.6 is 40.7 Å². The fourth-order valence-corrected chi connectivity index (χ4v) is 3.27. The minimum absolute atomic E-state index is 0. The van der Waals surface area contributed by atoms with Gasteiger partial charge in [0.2, 0.25) is 5.89 Å². The predicted molar refractivity (Wildman–Crippen MR) is 101 cm³/mol. The highest BCUT2D eigenvalue weighted by Gasteiger charge is 2.32. The van der Waals surface area contributed by atoms with Gasteiger partial charge in [-0.25, -0.2) is 4.98 Å². The van der Waals surface area contributed by atoms with E-state index in [4.69, 9.17) is 10.2 Å². The molecular weight excluding hydrogens is 401 g/mol. The summed E-state index contributed by atoms with van der Waals surface area (Å²) in [6.07, 6.45) is 2.94. The van der Waals surface area contributed by atoms with Crippen molar-refractivity contribution in [3.63, 3.8) is 0 Å². The quantitative estimate of drug-likeness (QED) is 0.804. The highest BCUT2D eigenvalue weighted by Crippen LogP contribution is 2.31. The second-order valence-electron chi connectivity index (χ2n) is 6.07. The Morgan fingerprint density at radius 2 is 2.09 bits per heavy atom. The molecule has 128 valence electrons. The third kappa shape index (κ3) is 4.70. The second kappa shape index (κ2) is 8.49. The minimum Gasteiger partial charge on any atom is -0.439 e. The van der Waals surface area contributed by atoms with Crippen LogP contribution in [0.25, 0.3) is 11.3 Å². The molecule has 1 aromatic carbocycles. The van der Waals surface area contributed by atoms with Crippen LogP contribution in [0.1, 0.15) is 19.2 Å². The fraction of sp³-hybridized carbons (Fsp3) is 0.438. The number of hydrogen-bond donors (Lipinski definition) is 1. The van der Waals surface area contributed by atoms with Gasteiger partial charge < -0.3 is 10.2 Å². The van der Waals surface area contributed by atoms with Gasteiger partial charge in [0, 0.05) is 16.6 Å². The standard InChI is InChI=1S/C16H20BrN3O.2ClH/c1-16(10-18)6-7-20(11-16)9-15-19-8-14(21-15)12-4-2-3-5-13(12)17;;/h2-5,8H,6-7,9-11,18H2,1H3;2*1H. The van der Waals surface area contributed by atoms with E-state index in [1.165, 1.54) is 0 Å². The van der Waals surface area contributed by atoms with E-state index in [9.17, 15) is 0 Å². The summed E-state index contributed by atoms with van der Waals surface area (Å²) in [4.78, 5) is 6.77. The summed E-state index contributed by atoms with van der Waals surface area (Å²) in [5.41, 5.74) is 7.12. The summed E-state index contributed by atoms with van der Waals surface area (Å²) in [6, 6.07) is 8.01. The lowest BCUT2D eigenvalue weighted by molar-refractivity contribution is 0.252. The number of benzene rings is 1. The van der Waals surface area contributed by atoms with E-state index in [0.717, 1.165) is 54.3 Å². The number of likely N-dealkylation sites (tertiary alicyclic amines) is 1. The summed E-state index contributed by atoms with van der Waals surface area (Å²) in [6.45, 7) is 5.79. The Labute approximate surface area is 157 Å². The lowest BCUT2D eigenvalue weighted by Crippen LogP contribution is -2.31. The van der Waals surface area contributed by atoms with Gasteiger partial charge in [-0.15, -0.1) is 24.8 Å². The molecule has 3 rings (SSSR count). The molecule has 23 heavy (non-hydrogen) atoms. The van der Waals surface area contributed by atoms with Crippen molar-refractivity contribution in [3.05, 3.63) is 40.8 Å². The number of oxazole rings is 1. The Balaban J connectivity index is 0.00000132. The average Bonchev–Trinajstić information content (AvgIpc) is 3.08. The van der Waals surface area contributed by atoms with Crippen molar-refractivity contribution in [1.82, 2.24) is 9.88 Å². The average molecular weight is 423 g/mol. The molecule has 1 aromatic heterocycles. The number of halogens is 3. The van der Waals surface area contributed by atoms with Crippen LogP contribution in [0.5, 0.6) is 0 Å². The number of aromatic nitrogens is 1. The highest BCUT2D eigenvalue weighted by atomic mass is 79.9. The second-order valence-corrected chi connectivity index (χ2v) is 6.93. The molecule has 1 saturated heterocycles. The van der Waals surface area contributed by atoms with Crippen molar-refractivity contribution in [2.24, 2.45) is 11.1 Å².